The molecule has 0 heterocycles. The largest absolute Gasteiger partial charge is 0.179 e. The van der Waals surface area contributed by atoms with Crippen molar-refractivity contribution in [2.75, 3.05) is 0 Å². The maximum Gasteiger partial charge on any atom is 0.103 e. The van der Waals surface area contributed by atoms with E-state index in [1.807, 2.05) is 6.07 Å². The van der Waals surface area contributed by atoms with Crippen molar-refractivity contribution in [2.24, 2.45) is 0 Å². The number of carbonyl (C=O) groups excluding carboxylic acids is 1. The van der Waals surface area contributed by atoms with Gasteiger partial charge in [-0.25, -0.2) is 0 Å². The fourth-order valence-corrected chi connectivity index (χ4v) is 6.10. The predicted octanol–water partition coefficient (Wildman–Crippen LogP) is 9.99. The number of hydrogen-bond donors (Lipinski definition) is 0. The fraction of sp³-hybridized carbons (Fsp3) is 0.324. The Hall–Kier alpha value is -2.14. The summed E-state index contributed by atoms with van der Waals surface area (Å²) in [6, 6.07) is 39.4. The number of carbonyl (C=O) groups is 1. The summed E-state index contributed by atoms with van der Waals surface area (Å²) < 4.78 is 0. The molecule has 0 unspecified atom stereocenters. The van der Waals surface area contributed by atoms with Crippen LogP contribution >= 0.6 is 18.6 Å². The molecule has 0 spiro atoms. The standard InChI is InChI=1S/C13H9.C12H25NO.C12H11Si.2ClH.Ti/c1-3-7-12-10(5-1)9-11-6-2-4-8-13(11)12;1-2-3-4-5-6-7-8-9-10-11-12(13)14;1-3-7-11(8-4-1)13-12-9-5-2-6-10-12;;;/h1-5,7-8H,9H2;2-11H2,1H3,(H2,13,14);1-10,13H;2*1H;/q-1;;;;;+2/p-3. The third-order valence-electron chi connectivity index (χ3n) is 7.06. The first-order valence-electron chi connectivity index (χ1n) is 15.3. The molecule has 1 radical (unpaired) electrons. The number of amides is 1. The average molecular weight is 666 g/mol. The third kappa shape index (κ3) is 16.5. The van der Waals surface area contributed by atoms with Gasteiger partial charge in [0.2, 0.25) is 0 Å². The molecule has 1 N–H and O–H groups in total. The first-order chi connectivity index (χ1) is 21.1. The van der Waals surface area contributed by atoms with Crippen LogP contribution in [0.5, 0.6) is 0 Å². The van der Waals surface area contributed by atoms with Crippen LogP contribution in [0, 0.1) is 6.07 Å². The van der Waals surface area contributed by atoms with E-state index in [0.29, 0.717) is 6.42 Å². The molecule has 0 bridgehead atoms. The SMILES string of the molecule is CCCCCCCCCCCC([NH-])=O.[Cl][Ti][Cl].[c-]1cccc2c1Cc1ccccc1-2.c1ccc([SiH]c2ccccc2)cc1. The second-order valence-corrected chi connectivity index (χ2v) is 14.6. The molecule has 4 aromatic rings. The van der Waals surface area contributed by atoms with Gasteiger partial charge in [0.15, 0.2) is 0 Å². The van der Waals surface area contributed by atoms with Crippen molar-refractivity contribution in [3.05, 3.63) is 126 Å². The minimum absolute atomic E-state index is 0.271. The summed E-state index contributed by atoms with van der Waals surface area (Å²) in [5.41, 5.74) is 12.2. The summed E-state index contributed by atoms with van der Waals surface area (Å²) >= 11 is -0.556. The Morgan fingerprint density at radius 1 is 0.721 bits per heavy atom. The molecule has 0 atom stereocenters. The Bertz CT molecular complexity index is 1190. The molecule has 0 aliphatic heterocycles. The Morgan fingerprint density at radius 3 is 1.77 bits per heavy atom. The first-order valence-corrected chi connectivity index (χ1v) is 20.8. The van der Waals surface area contributed by atoms with Crippen molar-refractivity contribution >= 4 is 44.4 Å². The van der Waals surface area contributed by atoms with Crippen molar-refractivity contribution in [1.82, 2.24) is 0 Å². The normalized spacial score (nSPS) is 10.4. The molecule has 1 aliphatic carbocycles. The van der Waals surface area contributed by atoms with Gasteiger partial charge in [-0.2, -0.15) is 29.8 Å². The Balaban J connectivity index is 0.000000215. The maximum atomic E-state index is 10.3. The van der Waals surface area contributed by atoms with Crippen LogP contribution in [0.3, 0.4) is 0 Å². The molecule has 1 amide bonds. The van der Waals surface area contributed by atoms with Gasteiger partial charge in [-0.15, -0.1) is 5.56 Å². The number of fused-ring (bicyclic) bond motifs is 3. The van der Waals surface area contributed by atoms with E-state index in [9.17, 15) is 4.79 Å². The van der Waals surface area contributed by atoms with Crippen LogP contribution in [0.4, 0.5) is 0 Å². The van der Waals surface area contributed by atoms with E-state index in [1.54, 1.807) is 0 Å². The maximum absolute atomic E-state index is 10.3. The minimum Gasteiger partial charge on any atom is -0.179 e. The van der Waals surface area contributed by atoms with Gasteiger partial charge in [0.05, 0.1) is 0 Å². The Morgan fingerprint density at radius 2 is 1.21 bits per heavy atom. The summed E-state index contributed by atoms with van der Waals surface area (Å²) in [6.07, 6.45) is 12.8. The van der Waals surface area contributed by atoms with Crippen LogP contribution in [0.25, 0.3) is 16.9 Å². The number of halogens is 2. The van der Waals surface area contributed by atoms with Gasteiger partial charge in [0.25, 0.3) is 0 Å². The Labute approximate surface area is 279 Å². The molecule has 6 heteroatoms. The average Bonchev–Trinajstić information content (AvgIpc) is 3.41. The molecule has 0 saturated carbocycles. The molecule has 43 heavy (non-hydrogen) atoms. The molecular formula is C37H44Cl2NOSiTi-2. The van der Waals surface area contributed by atoms with Gasteiger partial charge in [-0.1, -0.05) is 165 Å². The fourth-order valence-electron chi connectivity index (χ4n) is 4.88. The number of hydrogen-bond acceptors (Lipinski definition) is 1. The molecule has 227 valence electrons. The number of unbranched alkanes of at least 4 members (excludes halogenated alkanes) is 8. The smallest absolute Gasteiger partial charge is 0.103 e. The van der Waals surface area contributed by atoms with E-state index in [0.717, 1.165) is 19.3 Å². The summed E-state index contributed by atoms with van der Waals surface area (Å²) in [5, 5.41) is 2.90. The van der Waals surface area contributed by atoms with Crippen molar-refractivity contribution in [3.63, 3.8) is 0 Å². The second-order valence-electron chi connectivity index (χ2n) is 10.4. The van der Waals surface area contributed by atoms with Gasteiger partial charge in [0.1, 0.15) is 9.52 Å². The van der Waals surface area contributed by atoms with Crippen molar-refractivity contribution in [1.29, 1.82) is 0 Å². The van der Waals surface area contributed by atoms with E-state index in [2.05, 4.69) is 110 Å². The van der Waals surface area contributed by atoms with E-state index in [4.69, 9.17) is 24.3 Å². The van der Waals surface area contributed by atoms with Crippen LogP contribution in [0.15, 0.2) is 103 Å². The second kappa shape index (κ2) is 24.2. The van der Waals surface area contributed by atoms with Gasteiger partial charge in [-0.3, -0.25) is 0 Å². The van der Waals surface area contributed by atoms with Crippen LogP contribution in [0.2, 0.25) is 0 Å². The number of nitrogens with one attached hydrogen (secondary N) is 1. The van der Waals surface area contributed by atoms with Gasteiger partial charge in [-0.05, 0) is 19.3 Å². The minimum atomic E-state index is -0.556. The molecule has 4 aromatic carbocycles. The van der Waals surface area contributed by atoms with Crippen LogP contribution in [0.1, 0.15) is 82.3 Å². The van der Waals surface area contributed by atoms with E-state index >= 15 is 0 Å². The summed E-state index contributed by atoms with van der Waals surface area (Å²) in [7, 11) is 10.0. The summed E-state index contributed by atoms with van der Waals surface area (Å²) in [4.78, 5) is 10.3. The van der Waals surface area contributed by atoms with Crippen LogP contribution in [-0.2, 0) is 28.2 Å². The zero-order valence-corrected chi connectivity index (χ0v) is 29.6. The topological polar surface area (TPSA) is 40.9 Å². The molecule has 0 saturated heterocycles. The molecule has 0 fully saturated rings. The zero-order chi connectivity index (χ0) is 31.0. The summed E-state index contributed by atoms with van der Waals surface area (Å²) in [6.45, 7) is 2.23. The molecule has 0 aromatic heterocycles. The Kier molecular flexibility index (Phi) is 20.9. The van der Waals surface area contributed by atoms with E-state index in [1.165, 1.54) is 77.6 Å². The van der Waals surface area contributed by atoms with Crippen LogP contribution in [-0.4, -0.2) is 15.4 Å². The zero-order valence-electron chi connectivity index (χ0n) is 25.3. The number of rotatable bonds is 12. The van der Waals surface area contributed by atoms with Gasteiger partial charge in [0, 0.05) is 5.91 Å². The predicted molar refractivity (Wildman–Crippen MR) is 186 cm³/mol. The van der Waals surface area contributed by atoms with Crippen molar-refractivity contribution < 1.29 is 21.8 Å². The van der Waals surface area contributed by atoms with Crippen LogP contribution < -0.4 is 10.4 Å². The number of benzene rings is 4. The quantitative estimate of drug-likeness (QED) is 0.0743. The monoisotopic (exact) mass is 664 g/mol. The third-order valence-corrected chi connectivity index (χ3v) is 8.49. The van der Waals surface area contributed by atoms with Crippen molar-refractivity contribution in [3.8, 4) is 11.1 Å². The van der Waals surface area contributed by atoms with Crippen molar-refractivity contribution in [2.45, 2.75) is 77.6 Å². The first kappa shape index (κ1) is 37.0. The van der Waals surface area contributed by atoms with E-state index < -0.39 is 22.9 Å². The molecular weight excluding hydrogens is 621 g/mol. The van der Waals surface area contributed by atoms with E-state index in [-0.39, 0.29) is 9.52 Å². The van der Waals surface area contributed by atoms with Gasteiger partial charge < -0.3 is 10.5 Å². The molecule has 2 nitrogen and oxygen atoms in total. The van der Waals surface area contributed by atoms with Gasteiger partial charge >= 0.3 is 35.6 Å². The molecule has 1 aliphatic rings. The molecule has 5 rings (SSSR count). The summed E-state index contributed by atoms with van der Waals surface area (Å²) in [5.74, 6) is -0.409.